The molecule has 4 rings (SSSR count). The first-order valence-electron chi connectivity index (χ1n) is 10.2. The number of rotatable bonds is 7. The van der Waals surface area contributed by atoms with Crippen molar-refractivity contribution in [2.24, 2.45) is 0 Å². The molecule has 3 aromatic carbocycles. The van der Waals surface area contributed by atoms with E-state index < -0.39 is 0 Å². The monoisotopic (exact) mass is 398 g/mol. The van der Waals surface area contributed by atoms with E-state index >= 15 is 0 Å². The lowest BCUT2D eigenvalue weighted by Crippen LogP contribution is -2.05. The smallest absolute Gasteiger partial charge is 0.182 e. The average Bonchev–Trinajstić information content (AvgIpc) is 3.26. The van der Waals surface area contributed by atoms with Crippen LogP contribution in [0.25, 0.3) is 22.5 Å². The normalized spacial score (nSPS) is 11.1. The fourth-order valence-corrected chi connectivity index (χ4v) is 3.58. The Hall–Kier alpha value is -3.47. The van der Waals surface area contributed by atoms with Crippen LogP contribution in [0.1, 0.15) is 30.9 Å². The Kier molecular flexibility index (Phi) is 5.89. The van der Waals surface area contributed by atoms with Gasteiger partial charge in [0.1, 0.15) is 5.75 Å². The maximum absolute atomic E-state index is 5.63. The van der Waals surface area contributed by atoms with Gasteiger partial charge in [0.15, 0.2) is 5.82 Å². The Labute approximate surface area is 177 Å². The summed E-state index contributed by atoms with van der Waals surface area (Å²) < 4.78 is 7.50. The van der Waals surface area contributed by atoms with Crippen molar-refractivity contribution in [2.75, 3.05) is 7.11 Å². The molecule has 5 nitrogen and oxygen atoms in total. The van der Waals surface area contributed by atoms with Gasteiger partial charge in [-0.15, -0.1) is 5.10 Å². The number of hydrogen-bond donors (Lipinski definition) is 0. The highest BCUT2D eigenvalue weighted by atomic mass is 16.5. The maximum Gasteiger partial charge on any atom is 0.182 e. The van der Waals surface area contributed by atoms with E-state index in [-0.39, 0.29) is 0 Å². The minimum absolute atomic E-state index is 0.447. The van der Waals surface area contributed by atoms with Gasteiger partial charge < -0.3 is 4.74 Å². The number of aryl methyl sites for hydroxylation is 2. The third kappa shape index (κ3) is 4.25. The molecule has 0 aliphatic heterocycles. The zero-order chi connectivity index (χ0) is 20.9. The van der Waals surface area contributed by atoms with Crippen molar-refractivity contribution in [2.45, 2.75) is 32.7 Å². The molecule has 0 aliphatic carbocycles. The van der Waals surface area contributed by atoms with E-state index in [1.165, 1.54) is 11.1 Å². The Morgan fingerprint density at radius 2 is 1.70 bits per heavy atom. The summed E-state index contributed by atoms with van der Waals surface area (Å²) in [6.07, 6.45) is 0.878. The largest absolute Gasteiger partial charge is 0.496 e. The van der Waals surface area contributed by atoms with E-state index in [9.17, 15) is 0 Å². The first kappa shape index (κ1) is 19.8. The molecule has 0 saturated carbocycles. The molecule has 0 atom stereocenters. The summed E-state index contributed by atoms with van der Waals surface area (Å²) in [6, 6.07) is 25.1. The van der Waals surface area contributed by atoms with E-state index in [1.807, 2.05) is 28.9 Å². The molecular formula is C25H26N4O. The topological polar surface area (TPSA) is 52.8 Å². The summed E-state index contributed by atoms with van der Waals surface area (Å²) >= 11 is 0. The van der Waals surface area contributed by atoms with Crippen LogP contribution in [-0.2, 0) is 13.0 Å². The maximum atomic E-state index is 5.63. The summed E-state index contributed by atoms with van der Waals surface area (Å²) in [5, 5.41) is 12.4. The SMILES string of the molecule is COc1ccc(C(C)C)cc1-c1cccc(-c2nnnn2CCc2ccccc2)c1. The van der Waals surface area contributed by atoms with Gasteiger partial charge in [-0.05, 0) is 57.7 Å². The quantitative estimate of drug-likeness (QED) is 0.419. The molecule has 0 unspecified atom stereocenters. The van der Waals surface area contributed by atoms with Crippen LogP contribution in [0.5, 0.6) is 5.75 Å². The van der Waals surface area contributed by atoms with E-state index in [1.54, 1.807) is 7.11 Å². The second kappa shape index (κ2) is 8.91. The lowest BCUT2D eigenvalue weighted by Gasteiger charge is -2.14. The molecule has 0 saturated heterocycles. The highest BCUT2D eigenvalue weighted by molar-refractivity contribution is 5.75. The Morgan fingerprint density at radius 3 is 2.47 bits per heavy atom. The average molecular weight is 399 g/mol. The molecule has 1 aromatic heterocycles. The summed E-state index contributed by atoms with van der Waals surface area (Å²) in [5.74, 6) is 2.08. The van der Waals surface area contributed by atoms with Crippen molar-refractivity contribution < 1.29 is 4.74 Å². The number of aromatic nitrogens is 4. The molecule has 1 heterocycles. The number of hydrogen-bond acceptors (Lipinski definition) is 4. The van der Waals surface area contributed by atoms with Crippen LogP contribution in [0.3, 0.4) is 0 Å². The van der Waals surface area contributed by atoms with Crippen LogP contribution < -0.4 is 4.74 Å². The third-order valence-corrected chi connectivity index (χ3v) is 5.31. The zero-order valence-corrected chi connectivity index (χ0v) is 17.6. The lowest BCUT2D eigenvalue weighted by atomic mass is 9.95. The van der Waals surface area contributed by atoms with E-state index in [4.69, 9.17) is 4.74 Å². The van der Waals surface area contributed by atoms with Crippen LogP contribution in [0.4, 0.5) is 0 Å². The summed E-state index contributed by atoms with van der Waals surface area (Å²) in [4.78, 5) is 0. The van der Waals surface area contributed by atoms with Gasteiger partial charge in [0.05, 0.1) is 7.11 Å². The lowest BCUT2D eigenvalue weighted by molar-refractivity contribution is 0.416. The molecule has 0 aliphatic rings. The highest BCUT2D eigenvalue weighted by Gasteiger charge is 2.13. The van der Waals surface area contributed by atoms with Crippen molar-refractivity contribution in [3.8, 4) is 28.3 Å². The molecule has 5 heteroatoms. The van der Waals surface area contributed by atoms with Gasteiger partial charge in [-0.1, -0.05) is 68.4 Å². The Balaban J connectivity index is 1.65. The van der Waals surface area contributed by atoms with Crippen LogP contribution >= 0.6 is 0 Å². The molecule has 152 valence electrons. The van der Waals surface area contributed by atoms with E-state index in [2.05, 4.69) is 77.9 Å². The van der Waals surface area contributed by atoms with Crippen LogP contribution in [0.15, 0.2) is 72.8 Å². The fraction of sp³-hybridized carbons (Fsp3) is 0.240. The van der Waals surface area contributed by atoms with Gasteiger partial charge in [0, 0.05) is 17.7 Å². The van der Waals surface area contributed by atoms with Crippen LogP contribution in [0.2, 0.25) is 0 Å². The van der Waals surface area contributed by atoms with Gasteiger partial charge >= 0.3 is 0 Å². The van der Waals surface area contributed by atoms with E-state index in [0.29, 0.717) is 5.92 Å². The van der Waals surface area contributed by atoms with Gasteiger partial charge in [0.2, 0.25) is 0 Å². The number of tetrazole rings is 1. The molecule has 0 amide bonds. The number of ether oxygens (including phenoxy) is 1. The molecule has 0 radical (unpaired) electrons. The number of methoxy groups -OCH3 is 1. The second-order valence-electron chi connectivity index (χ2n) is 7.66. The van der Waals surface area contributed by atoms with Crippen molar-refractivity contribution in [3.63, 3.8) is 0 Å². The highest BCUT2D eigenvalue weighted by Crippen LogP contribution is 2.34. The fourth-order valence-electron chi connectivity index (χ4n) is 3.58. The van der Waals surface area contributed by atoms with Gasteiger partial charge in [-0.3, -0.25) is 0 Å². The predicted molar refractivity (Wildman–Crippen MR) is 119 cm³/mol. The van der Waals surface area contributed by atoms with E-state index in [0.717, 1.165) is 41.2 Å². The molecule has 0 fully saturated rings. The Morgan fingerprint density at radius 1 is 0.900 bits per heavy atom. The molecule has 0 bridgehead atoms. The second-order valence-corrected chi connectivity index (χ2v) is 7.66. The van der Waals surface area contributed by atoms with Gasteiger partial charge in [-0.25, -0.2) is 4.68 Å². The third-order valence-electron chi connectivity index (χ3n) is 5.31. The number of benzene rings is 3. The first-order valence-corrected chi connectivity index (χ1v) is 10.2. The van der Waals surface area contributed by atoms with Crippen LogP contribution in [-0.4, -0.2) is 27.3 Å². The molecule has 4 aromatic rings. The standard InChI is InChI=1S/C25H26N4O/c1-18(2)20-12-13-24(30-3)23(17-20)21-10-7-11-22(16-21)25-26-27-28-29(25)15-14-19-8-5-4-6-9-19/h4-13,16-18H,14-15H2,1-3H3. The summed E-state index contributed by atoms with van der Waals surface area (Å²) in [5.41, 5.74) is 5.70. The van der Waals surface area contributed by atoms with Crippen LogP contribution in [0, 0.1) is 0 Å². The minimum Gasteiger partial charge on any atom is -0.496 e. The van der Waals surface area contributed by atoms with Gasteiger partial charge in [-0.2, -0.15) is 0 Å². The minimum atomic E-state index is 0.447. The van der Waals surface area contributed by atoms with Crippen molar-refractivity contribution in [1.82, 2.24) is 20.2 Å². The van der Waals surface area contributed by atoms with Crippen molar-refractivity contribution >= 4 is 0 Å². The van der Waals surface area contributed by atoms with Crippen molar-refractivity contribution in [1.29, 1.82) is 0 Å². The van der Waals surface area contributed by atoms with Gasteiger partial charge in [0.25, 0.3) is 0 Å². The molecular weight excluding hydrogens is 372 g/mol. The number of nitrogens with zero attached hydrogens (tertiary/aromatic N) is 4. The predicted octanol–water partition coefficient (Wildman–Crippen LogP) is 5.38. The van der Waals surface area contributed by atoms with Crippen molar-refractivity contribution in [3.05, 3.63) is 83.9 Å². The molecule has 0 N–H and O–H groups in total. The Bertz CT molecular complexity index is 1120. The zero-order valence-electron chi connectivity index (χ0n) is 17.6. The molecule has 0 spiro atoms. The summed E-state index contributed by atoms with van der Waals surface area (Å²) in [7, 11) is 1.71. The first-order chi connectivity index (χ1) is 14.7. The summed E-state index contributed by atoms with van der Waals surface area (Å²) in [6.45, 7) is 5.12. The molecule has 30 heavy (non-hydrogen) atoms.